The Balaban J connectivity index is 0.00000304. The average molecular weight is 510 g/mol. The second-order valence-corrected chi connectivity index (χ2v) is 9.65. The van der Waals surface area contributed by atoms with Gasteiger partial charge in [-0.3, -0.25) is 4.79 Å². The molecular formula is C28H36ClN5O2. The molecule has 3 heterocycles. The molecule has 7 nitrogen and oxygen atoms in total. The van der Waals surface area contributed by atoms with Gasteiger partial charge in [-0.2, -0.15) is 5.10 Å². The molecule has 1 amide bonds. The third-order valence-electron chi connectivity index (χ3n) is 7.35. The predicted molar refractivity (Wildman–Crippen MR) is 146 cm³/mol. The number of rotatable bonds is 5. The monoisotopic (exact) mass is 509 g/mol. The van der Waals surface area contributed by atoms with Crippen LogP contribution < -0.4 is 15.0 Å². The van der Waals surface area contributed by atoms with Crippen LogP contribution in [0.25, 0.3) is 5.69 Å². The van der Waals surface area contributed by atoms with Crippen molar-refractivity contribution in [2.24, 2.45) is 0 Å². The maximum Gasteiger partial charge on any atom is 0.257 e. The number of piperazine rings is 1. The van der Waals surface area contributed by atoms with Crippen LogP contribution in [0, 0.1) is 13.8 Å². The molecule has 0 saturated carbocycles. The number of benzene rings is 2. The number of aryl methyl sites for hydroxylation is 2. The van der Waals surface area contributed by atoms with E-state index in [0.29, 0.717) is 19.0 Å². The number of methoxy groups -OCH3 is 1. The fourth-order valence-corrected chi connectivity index (χ4v) is 5.32. The van der Waals surface area contributed by atoms with Crippen molar-refractivity contribution in [3.8, 4) is 11.4 Å². The van der Waals surface area contributed by atoms with E-state index in [2.05, 4.69) is 42.3 Å². The van der Waals surface area contributed by atoms with Crippen molar-refractivity contribution in [3.63, 3.8) is 0 Å². The van der Waals surface area contributed by atoms with Crippen LogP contribution in [-0.2, 0) is 0 Å². The van der Waals surface area contributed by atoms with Crippen LogP contribution in [0.2, 0.25) is 0 Å². The molecule has 2 fully saturated rings. The Morgan fingerprint density at radius 2 is 1.69 bits per heavy atom. The third kappa shape index (κ3) is 5.22. The van der Waals surface area contributed by atoms with Crippen molar-refractivity contribution in [1.29, 1.82) is 0 Å². The Kier molecular flexibility index (Phi) is 8.21. The van der Waals surface area contributed by atoms with Crippen LogP contribution >= 0.6 is 12.4 Å². The fourth-order valence-electron chi connectivity index (χ4n) is 5.32. The molecular weight excluding hydrogens is 474 g/mol. The average Bonchev–Trinajstić information content (AvgIpc) is 3.35. The van der Waals surface area contributed by atoms with Crippen molar-refractivity contribution < 1.29 is 9.53 Å². The van der Waals surface area contributed by atoms with Gasteiger partial charge in [0.05, 0.1) is 30.3 Å². The Morgan fingerprint density at radius 1 is 1.00 bits per heavy atom. The van der Waals surface area contributed by atoms with Gasteiger partial charge in [-0.1, -0.05) is 12.1 Å². The van der Waals surface area contributed by atoms with Gasteiger partial charge in [0.2, 0.25) is 0 Å². The molecule has 8 heteroatoms. The van der Waals surface area contributed by atoms with Crippen molar-refractivity contribution in [1.82, 2.24) is 20.0 Å². The largest absolute Gasteiger partial charge is 0.497 e. The number of ether oxygens (including phenoxy) is 1. The fraction of sp³-hybridized carbons (Fsp3) is 0.429. The smallest absolute Gasteiger partial charge is 0.257 e. The summed E-state index contributed by atoms with van der Waals surface area (Å²) in [6.45, 7) is 9.31. The van der Waals surface area contributed by atoms with Gasteiger partial charge < -0.3 is 19.9 Å². The van der Waals surface area contributed by atoms with Crippen molar-refractivity contribution in [2.45, 2.75) is 32.6 Å². The van der Waals surface area contributed by atoms with Gasteiger partial charge in [0, 0.05) is 37.8 Å². The Hall–Kier alpha value is -3.03. The third-order valence-corrected chi connectivity index (χ3v) is 7.35. The summed E-state index contributed by atoms with van der Waals surface area (Å²) in [5.41, 5.74) is 6.57. The van der Waals surface area contributed by atoms with Gasteiger partial charge in [0.1, 0.15) is 5.75 Å². The van der Waals surface area contributed by atoms with Gasteiger partial charge in [0.25, 0.3) is 5.91 Å². The zero-order valence-electron chi connectivity index (χ0n) is 21.4. The Bertz CT molecular complexity index is 1180. The maximum atomic E-state index is 13.8. The molecule has 0 radical (unpaired) electrons. The van der Waals surface area contributed by atoms with E-state index in [4.69, 9.17) is 9.84 Å². The minimum Gasteiger partial charge on any atom is -0.497 e. The lowest BCUT2D eigenvalue weighted by Crippen LogP contribution is -2.49. The van der Waals surface area contributed by atoms with E-state index in [9.17, 15) is 4.79 Å². The molecule has 2 aliphatic heterocycles. The summed E-state index contributed by atoms with van der Waals surface area (Å²) < 4.78 is 7.29. The van der Waals surface area contributed by atoms with Gasteiger partial charge in [-0.15, -0.1) is 12.4 Å². The van der Waals surface area contributed by atoms with E-state index < -0.39 is 0 Å². The molecule has 5 rings (SSSR count). The number of anilines is 1. The minimum absolute atomic E-state index is 0. The van der Waals surface area contributed by atoms with Crippen LogP contribution in [0.4, 0.5) is 5.69 Å². The van der Waals surface area contributed by atoms with Crippen LogP contribution in [0.15, 0.2) is 48.7 Å². The SMILES string of the molecule is COc1ccc(-n2ncc(C(=O)N3CCN(c4cc(C)ccc4C)CC3)c2C2CCNCC2)cc1.Cl. The number of halogens is 1. The van der Waals surface area contributed by atoms with Crippen LogP contribution in [0.1, 0.15) is 45.9 Å². The summed E-state index contributed by atoms with van der Waals surface area (Å²) >= 11 is 0. The Labute approximate surface area is 219 Å². The van der Waals surface area contributed by atoms with Crippen molar-refractivity contribution in [3.05, 3.63) is 71.0 Å². The van der Waals surface area contributed by atoms with Gasteiger partial charge in [-0.05, 0) is 81.2 Å². The zero-order chi connectivity index (χ0) is 24.4. The number of hydrogen-bond donors (Lipinski definition) is 1. The zero-order valence-corrected chi connectivity index (χ0v) is 22.2. The van der Waals surface area contributed by atoms with Gasteiger partial charge in [-0.25, -0.2) is 4.68 Å². The second kappa shape index (κ2) is 11.4. The lowest BCUT2D eigenvalue weighted by Gasteiger charge is -2.37. The maximum absolute atomic E-state index is 13.8. The molecule has 2 aromatic carbocycles. The summed E-state index contributed by atoms with van der Waals surface area (Å²) in [5, 5.41) is 8.16. The molecule has 2 saturated heterocycles. The molecule has 0 unspecified atom stereocenters. The first-order valence-corrected chi connectivity index (χ1v) is 12.6. The molecule has 2 aliphatic rings. The summed E-state index contributed by atoms with van der Waals surface area (Å²) in [7, 11) is 1.67. The first-order valence-electron chi connectivity index (χ1n) is 12.6. The van der Waals surface area contributed by atoms with Crippen LogP contribution in [0.5, 0.6) is 5.75 Å². The molecule has 0 spiro atoms. The number of nitrogens with one attached hydrogen (secondary N) is 1. The van der Waals surface area contributed by atoms with Crippen LogP contribution in [0.3, 0.4) is 0 Å². The standard InChI is InChI=1S/C28H35N5O2.ClH/c1-20-4-5-21(2)26(18-20)31-14-16-32(17-15-31)28(34)25-19-30-33(23-6-8-24(35-3)9-7-23)27(25)22-10-12-29-13-11-22;/h4-9,18-19,22,29H,10-17H2,1-3H3;1H. The molecule has 1 aromatic heterocycles. The molecule has 0 atom stereocenters. The lowest BCUT2D eigenvalue weighted by molar-refractivity contribution is 0.0744. The van der Waals surface area contributed by atoms with Crippen molar-refractivity contribution >= 4 is 24.0 Å². The lowest BCUT2D eigenvalue weighted by atomic mass is 9.91. The number of hydrogen-bond acceptors (Lipinski definition) is 5. The summed E-state index contributed by atoms with van der Waals surface area (Å²) in [4.78, 5) is 18.2. The summed E-state index contributed by atoms with van der Waals surface area (Å²) in [6, 6.07) is 14.5. The number of nitrogens with zero attached hydrogens (tertiary/aromatic N) is 4. The van der Waals surface area contributed by atoms with Gasteiger partial charge in [0.15, 0.2) is 0 Å². The molecule has 0 bridgehead atoms. The number of carbonyl (C=O) groups is 1. The van der Waals surface area contributed by atoms with E-state index in [1.807, 2.05) is 33.8 Å². The Morgan fingerprint density at radius 3 is 2.36 bits per heavy atom. The first-order chi connectivity index (χ1) is 17.0. The summed E-state index contributed by atoms with van der Waals surface area (Å²) in [5.74, 6) is 1.21. The summed E-state index contributed by atoms with van der Waals surface area (Å²) in [6.07, 6.45) is 3.78. The molecule has 192 valence electrons. The minimum atomic E-state index is 0. The van der Waals surface area contributed by atoms with Crippen molar-refractivity contribution in [2.75, 3.05) is 51.3 Å². The predicted octanol–water partition coefficient (Wildman–Crippen LogP) is 4.35. The van der Waals surface area contributed by atoms with Gasteiger partial charge >= 0.3 is 0 Å². The molecule has 0 aliphatic carbocycles. The highest BCUT2D eigenvalue weighted by Crippen LogP contribution is 2.32. The quantitative estimate of drug-likeness (QED) is 0.554. The normalized spacial score (nSPS) is 16.5. The second-order valence-electron chi connectivity index (χ2n) is 9.65. The number of piperidine rings is 1. The number of amides is 1. The highest BCUT2D eigenvalue weighted by atomic mass is 35.5. The number of aromatic nitrogens is 2. The molecule has 3 aromatic rings. The number of carbonyl (C=O) groups excluding carboxylic acids is 1. The highest BCUT2D eigenvalue weighted by Gasteiger charge is 2.31. The first kappa shape index (κ1) is 26.0. The molecule has 1 N–H and O–H groups in total. The topological polar surface area (TPSA) is 62.6 Å². The highest BCUT2D eigenvalue weighted by molar-refractivity contribution is 5.95. The van der Waals surface area contributed by atoms with E-state index in [1.165, 1.54) is 16.8 Å². The van der Waals surface area contributed by atoms with E-state index >= 15 is 0 Å². The van der Waals surface area contributed by atoms with Crippen LogP contribution in [-0.4, -0.2) is 67.0 Å². The molecule has 36 heavy (non-hydrogen) atoms. The van der Waals surface area contributed by atoms with E-state index in [-0.39, 0.29) is 18.3 Å². The van der Waals surface area contributed by atoms with E-state index in [0.717, 1.165) is 61.7 Å². The van der Waals surface area contributed by atoms with E-state index in [1.54, 1.807) is 13.3 Å².